The van der Waals surface area contributed by atoms with Crippen molar-refractivity contribution in [3.63, 3.8) is 0 Å². The van der Waals surface area contributed by atoms with Gasteiger partial charge in [0.15, 0.2) is 17.5 Å². The highest BCUT2D eigenvalue weighted by Gasteiger charge is 2.31. The zero-order valence-electron chi connectivity index (χ0n) is 40.3. The van der Waals surface area contributed by atoms with E-state index >= 15 is 0 Å². The highest BCUT2D eigenvalue weighted by Crippen LogP contribution is 2.55. The lowest BCUT2D eigenvalue weighted by Crippen LogP contribution is -2.17. The molecule has 0 aliphatic carbocycles. The van der Waals surface area contributed by atoms with Gasteiger partial charge in [0.1, 0.15) is 0 Å². The van der Waals surface area contributed by atoms with Gasteiger partial charge in [-0.05, 0) is 143 Å². The fourth-order valence-corrected chi connectivity index (χ4v) is 12.1. The van der Waals surface area contributed by atoms with Crippen molar-refractivity contribution < 1.29 is 0 Å². The van der Waals surface area contributed by atoms with Gasteiger partial charge in [0, 0.05) is 36.3 Å². The van der Waals surface area contributed by atoms with E-state index in [1.807, 2.05) is 91.0 Å². The molecule has 0 N–H and O–H groups in total. The van der Waals surface area contributed by atoms with Crippen LogP contribution in [-0.2, 0) is 0 Å². The number of nitrogens with zero attached hydrogens (tertiary/aromatic N) is 8. The Morgan fingerprint density at radius 2 is 0.592 bits per heavy atom. The molecule has 0 amide bonds. The number of aromatic nitrogens is 3. The maximum atomic E-state index is 10.00. The first-order valence-electron chi connectivity index (χ1n) is 24.5. The zero-order chi connectivity index (χ0) is 51.1. The van der Waals surface area contributed by atoms with Crippen LogP contribution in [0.25, 0.3) is 67.5 Å². The molecule has 3 heterocycles. The highest BCUT2D eigenvalue weighted by molar-refractivity contribution is 8.00. The average molecular weight is 1010 g/mol. The van der Waals surface area contributed by atoms with Crippen molar-refractivity contribution in [1.29, 1.82) is 15.8 Å². The van der Waals surface area contributed by atoms with Crippen molar-refractivity contribution >= 4 is 57.6 Å². The van der Waals surface area contributed by atoms with Crippen molar-refractivity contribution in [1.82, 2.24) is 15.0 Å². The van der Waals surface area contributed by atoms with Crippen molar-refractivity contribution in [2.75, 3.05) is 9.80 Å². The van der Waals surface area contributed by atoms with Gasteiger partial charge in [-0.15, -0.1) is 0 Å². The Kier molecular flexibility index (Phi) is 11.7. The van der Waals surface area contributed by atoms with Gasteiger partial charge in [-0.2, -0.15) is 15.8 Å². The molecule has 0 spiro atoms. The van der Waals surface area contributed by atoms with Gasteiger partial charge in [-0.3, -0.25) is 0 Å². The number of benzene rings is 10. The molecular formula is C66H38N8S2. The van der Waals surface area contributed by atoms with Crippen LogP contribution in [0, 0.1) is 34.0 Å². The van der Waals surface area contributed by atoms with E-state index in [9.17, 15) is 15.8 Å². The highest BCUT2D eigenvalue weighted by atomic mass is 32.2. The molecule has 0 saturated heterocycles. The van der Waals surface area contributed by atoms with Crippen LogP contribution in [0.3, 0.4) is 0 Å². The number of anilines is 6. The molecule has 11 aromatic rings. The Labute approximate surface area is 448 Å². The smallest absolute Gasteiger partial charge is 0.166 e. The predicted molar refractivity (Wildman–Crippen MR) is 304 cm³/mol. The minimum atomic E-state index is 0.457. The van der Waals surface area contributed by atoms with Gasteiger partial charge in [-0.25, -0.2) is 15.0 Å². The van der Waals surface area contributed by atoms with E-state index in [0.29, 0.717) is 34.2 Å². The standard InChI is InChI=1S/C66H38N8S2/c67-39-42-12-9-15-47(34-42)45-26-28-46(29-27-45)64-70-65(52-32-30-50(48-16-10-13-43(35-48)40-68)37-58(52)73-54-18-1-5-22-60(54)75-61-23-6-2-19-55(61)73)72-66(71-64)53-33-31-51(49-17-11-14-44(36-49)41-69)38-59(53)74-56-20-3-7-24-62(56)76-63-25-8-4-21-57(63)74/h1-38H. The van der Waals surface area contributed by atoms with E-state index in [0.717, 1.165) is 104 Å². The summed E-state index contributed by atoms with van der Waals surface area (Å²) in [6.07, 6.45) is 0. The molecule has 2 aliphatic rings. The Balaban J connectivity index is 1.08. The van der Waals surface area contributed by atoms with Gasteiger partial charge in [-0.1, -0.05) is 145 Å². The van der Waals surface area contributed by atoms with Gasteiger partial charge in [0.2, 0.25) is 0 Å². The summed E-state index contributed by atoms with van der Waals surface area (Å²) in [6.45, 7) is 0. The quantitative estimate of drug-likeness (QED) is 0.146. The number of fused-ring (bicyclic) bond motifs is 4. The Morgan fingerprint density at radius 1 is 0.276 bits per heavy atom. The van der Waals surface area contributed by atoms with E-state index in [1.54, 1.807) is 29.6 Å². The lowest BCUT2D eigenvalue weighted by Gasteiger charge is -2.34. The number of nitriles is 3. The fraction of sp³-hybridized carbons (Fsp3) is 0. The summed E-state index contributed by atoms with van der Waals surface area (Å²) in [4.78, 5) is 25.5. The third-order valence-electron chi connectivity index (χ3n) is 13.6. The lowest BCUT2D eigenvalue weighted by atomic mass is 9.98. The van der Waals surface area contributed by atoms with Gasteiger partial charge >= 0.3 is 0 Å². The van der Waals surface area contributed by atoms with Crippen LogP contribution in [0.1, 0.15) is 16.7 Å². The monoisotopic (exact) mass is 1010 g/mol. The van der Waals surface area contributed by atoms with Crippen LogP contribution in [-0.4, -0.2) is 15.0 Å². The molecule has 2 aliphatic heterocycles. The lowest BCUT2D eigenvalue weighted by molar-refractivity contribution is 1.07. The number of para-hydroxylation sites is 4. The molecule has 10 heteroatoms. The maximum Gasteiger partial charge on any atom is 0.166 e. The summed E-state index contributed by atoms with van der Waals surface area (Å²) < 4.78 is 0. The molecule has 0 bridgehead atoms. The van der Waals surface area contributed by atoms with Crippen LogP contribution in [0.5, 0.6) is 0 Å². The Bertz CT molecular complexity index is 3950. The number of hydrogen-bond donors (Lipinski definition) is 0. The largest absolute Gasteiger partial charge is 0.307 e. The summed E-state index contributed by atoms with van der Waals surface area (Å²) >= 11 is 3.48. The third-order valence-corrected chi connectivity index (χ3v) is 15.8. The molecule has 0 unspecified atom stereocenters. The molecule has 8 nitrogen and oxygen atoms in total. The summed E-state index contributed by atoms with van der Waals surface area (Å²) in [7, 11) is 0. The van der Waals surface area contributed by atoms with E-state index in [2.05, 4.69) is 161 Å². The summed E-state index contributed by atoms with van der Waals surface area (Å²) in [5, 5.41) is 29.7. The molecular weight excluding hydrogens is 969 g/mol. The molecule has 76 heavy (non-hydrogen) atoms. The summed E-state index contributed by atoms with van der Waals surface area (Å²) in [6, 6.07) is 84.5. The van der Waals surface area contributed by atoms with Gasteiger partial charge < -0.3 is 9.80 Å². The summed E-state index contributed by atoms with van der Waals surface area (Å²) in [5.74, 6) is 1.38. The topological polar surface area (TPSA) is 117 Å². The Morgan fingerprint density at radius 3 is 0.974 bits per heavy atom. The predicted octanol–water partition coefficient (Wildman–Crippen LogP) is 17.4. The molecule has 0 fully saturated rings. The minimum absolute atomic E-state index is 0.457. The Hall–Kier alpha value is -10.0. The second kappa shape index (κ2) is 19.4. The first-order chi connectivity index (χ1) is 37.5. The van der Waals surface area contributed by atoms with Crippen LogP contribution in [0.4, 0.5) is 34.1 Å². The van der Waals surface area contributed by atoms with Crippen molar-refractivity contribution in [3.05, 3.63) is 247 Å². The third kappa shape index (κ3) is 8.38. The van der Waals surface area contributed by atoms with E-state index < -0.39 is 0 Å². The first kappa shape index (κ1) is 45.8. The average Bonchev–Trinajstić information content (AvgIpc) is 3.53. The van der Waals surface area contributed by atoms with Crippen LogP contribution >= 0.6 is 23.5 Å². The molecule has 10 aromatic carbocycles. The molecule has 13 rings (SSSR count). The molecule has 0 atom stereocenters. The fourth-order valence-electron chi connectivity index (χ4n) is 9.96. The van der Waals surface area contributed by atoms with E-state index in [1.165, 1.54) is 0 Å². The summed E-state index contributed by atoms with van der Waals surface area (Å²) in [5.41, 5.74) is 15.3. The van der Waals surface area contributed by atoms with E-state index in [-0.39, 0.29) is 0 Å². The van der Waals surface area contributed by atoms with Crippen LogP contribution < -0.4 is 9.80 Å². The normalized spacial score (nSPS) is 12.0. The minimum Gasteiger partial charge on any atom is -0.307 e. The zero-order valence-corrected chi connectivity index (χ0v) is 42.0. The second-order valence-electron chi connectivity index (χ2n) is 18.2. The van der Waals surface area contributed by atoms with Crippen LogP contribution in [0.2, 0.25) is 0 Å². The second-order valence-corrected chi connectivity index (χ2v) is 20.3. The number of rotatable bonds is 8. The van der Waals surface area contributed by atoms with Gasteiger partial charge in [0.25, 0.3) is 0 Å². The molecule has 0 radical (unpaired) electrons. The molecule has 354 valence electrons. The van der Waals surface area contributed by atoms with Gasteiger partial charge in [0.05, 0.1) is 69.0 Å². The van der Waals surface area contributed by atoms with Crippen molar-refractivity contribution in [2.45, 2.75) is 19.6 Å². The maximum absolute atomic E-state index is 10.00. The SMILES string of the molecule is N#Cc1cccc(-c2ccc(-c3nc(-c4ccc(-c5cccc(C#N)c5)cc4N4c5ccccc5Sc5ccccc54)nc(-c4ccc(-c5cccc(C#N)c5)cc4N4c5ccccc5Sc5ccccc54)n3)cc2)c1. The van der Waals surface area contributed by atoms with Crippen LogP contribution in [0.15, 0.2) is 250 Å². The van der Waals surface area contributed by atoms with E-state index in [4.69, 9.17) is 15.0 Å². The first-order valence-corrected chi connectivity index (χ1v) is 26.1. The van der Waals surface area contributed by atoms with Crippen molar-refractivity contribution in [3.8, 4) is 85.8 Å². The van der Waals surface area contributed by atoms with Crippen molar-refractivity contribution in [2.24, 2.45) is 0 Å². The molecule has 1 aromatic heterocycles. The number of hydrogen-bond acceptors (Lipinski definition) is 10. The molecule has 0 saturated carbocycles.